The second-order valence-corrected chi connectivity index (χ2v) is 18.7. The van der Waals surface area contributed by atoms with Crippen molar-refractivity contribution in [2.45, 2.75) is 57.2 Å². The van der Waals surface area contributed by atoms with Gasteiger partial charge in [-0.15, -0.1) is 0 Å². The monoisotopic (exact) mass is 854 g/mol. The van der Waals surface area contributed by atoms with Crippen molar-refractivity contribution in [1.82, 2.24) is 30.1 Å². The molecular formula is C48H51FN8O4S. The van der Waals surface area contributed by atoms with E-state index in [-0.39, 0.29) is 17.6 Å². The molecule has 5 heterocycles. The molecule has 62 heavy (non-hydrogen) atoms. The largest absolute Gasteiger partial charge is 0.491 e. The van der Waals surface area contributed by atoms with Crippen molar-refractivity contribution >= 4 is 48.6 Å². The van der Waals surface area contributed by atoms with Crippen LogP contribution in [0.2, 0.25) is 0 Å². The van der Waals surface area contributed by atoms with Crippen LogP contribution in [-0.4, -0.2) is 85.7 Å². The van der Waals surface area contributed by atoms with Crippen LogP contribution >= 0.6 is 0 Å². The van der Waals surface area contributed by atoms with Crippen LogP contribution in [0.15, 0.2) is 97.5 Å². The highest BCUT2D eigenvalue weighted by molar-refractivity contribution is 7.93. The maximum atomic E-state index is 14.4. The van der Waals surface area contributed by atoms with Gasteiger partial charge in [0.15, 0.2) is 5.82 Å². The summed E-state index contributed by atoms with van der Waals surface area (Å²) < 4.78 is 54.7. The maximum Gasteiger partial charge on any atom is 0.162 e. The van der Waals surface area contributed by atoms with Crippen molar-refractivity contribution in [3.05, 3.63) is 131 Å². The van der Waals surface area contributed by atoms with Crippen molar-refractivity contribution in [2.24, 2.45) is 0 Å². The molecule has 320 valence electrons. The number of nitrogens with zero attached hydrogens (tertiary/aromatic N) is 5. The number of aromatic nitrogens is 6. The van der Waals surface area contributed by atoms with Crippen molar-refractivity contribution in [3.8, 4) is 17.1 Å². The molecule has 3 N–H and O–H groups in total. The number of fused-ring (bicyclic) bond motifs is 2. The number of hydrogen-bond acceptors (Lipinski definition) is 10. The molecule has 3 aromatic carbocycles. The molecule has 1 saturated heterocycles. The SMILES string of the molecule is CC/C(=C(/c1ccc(OCCOCCCS(=N)(=O)C2(c3cc(N4CCOC[C@H]4C)nc(-c4ccnc5[nH]ccc45)n3)CC2)cc1)c1ccc2[nH]ncc2c1)c1ccc(F)cc1C. The van der Waals surface area contributed by atoms with E-state index in [1.807, 2.05) is 61.8 Å². The molecule has 0 radical (unpaired) electrons. The summed E-state index contributed by atoms with van der Waals surface area (Å²) in [5.41, 5.74) is 9.35. The Bertz CT molecular complexity index is 2870. The number of halogens is 1. The summed E-state index contributed by atoms with van der Waals surface area (Å²) in [5.74, 6) is 1.96. The Kier molecular flexibility index (Phi) is 11.6. The summed E-state index contributed by atoms with van der Waals surface area (Å²) in [5, 5.41) is 9.17. The van der Waals surface area contributed by atoms with E-state index < -0.39 is 14.5 Å². The third kappa shape index (κ3) is 8.21. The van der Waals surface area contributed by atoms with Crippen LogP contribution in [-0.2, 0) is 23.9 Å². The summed E-state index contributed by atoms with van der Waals surface area (Å²) in [7, 11) is -3.09. The third-order valence-corrected chi connectivity index (χ3v) is 14.9. The Morgan fingerprint density at radius 2 is 1.85 bits per heavy atom. The van der Waals surface area contributed by atoms with E-state index in [0.29, 0.717) is 76.1 Å². The zero-order chi connectivity index (χ0) is 42.8. The molecule has 14 heteroatoms. The molecule has 12 nitrogen and oxygen atoms in total. The van der Waals surface area contributed by atoms with Gasteiger partial charge >= 0.3 is 0 Å². The van der Waals surface area contributed by atoms with Gasteiger partial charge in [-0.3, -0.25) is 9.88 Å². The second-order valence-electron chi connectivity index (χ2n) is 16.2. The first-order valence-corrected chi connectivity index (χ1v) is 23.0. The lowest BCUT2D eigenvalue weighted by molar-refractivity contribution is 0.0985. The predicted octanol–water partition coefficient (Wildman–Crippen LogP) is 9.46. The fraction of sp³-hybridized carbons (Fsp3) is 0.333. The van der Waals surface area contributed by atoms with Crippen LogP contribution in [0.3, 0.4) is 0 Å². The van der Waals surface area contributed by atoms with Gasteiger partial charge in [0.05, 0.1) is 57.7 Å². The Balaban J connectivity index is 0.845. The normalized spacial score (nSPS) is 17.5. The summed E-state index contributed by atoms with van der Waals surface area (Å²) in [4.78, 5) is 19.9. The van der Waals surface area contributed by atoms with E-state index in [4.69, 9.17) is 24.2 Å². The highest BCUT2D eigenvalue weighted by Crippen LogP contribution is 2.54. The topological polar surface area (TPSA) is 155 Å². The molecule has 1 saturated carbocycles. The first-order chi connectivity index (χ1) is 30.1. The number of anilines is 1. The number of hydrogen-bond donors (Lipinski definition) is 3. The quantitative estimate of drug-likeness (QED) is 0.0637. The Labute approximate surface area is 360 Å². The number of morpholine rings is 1. The van der Waals surface area contributed by atoms with E-state index in [0.717, 1.165) is 73.1 Å². The molecule has 0 bridgehead atoms. The Hall–Kier alpha value is -5.96. The Morgan fingerprint density at radius 1 is 1.02 bits per heavy atom. The van der Waals surface area contributed by atoms with Crippen molar-refractivity contribution in [1.29, 1.82) is 4.78 Å². The van der Waals surface area contributed by atoms with E-state index in [9.17, 15) is 13.4 Å². The zero-order valence-electron chi connectivity index (χ0n) is 35.2. The first kappa shape index (κ1) is 41.4. The van der Waals surface area contributed by atoms with Gasteiger partial charge in [0, 0.05) is 53.7 Å². The predicted molar refractivity (Wildman–Crippen MR) is 242 cm³/mol. The molecular weight excluding hydrogens is 804 g/mol. The van der Waals surface area contributed by atoms with E-state index in [2.05, 4.69) is 63.2 Å². The lowest BCUT2D eigenvalue weighted by atomic mass is 9.86. The molecule has 7 aromatic rings. The average molecular weight is 855 g/mol. The van der Waals surface area contributed by atoms with Crippen LogP contribution in [0, 0.1) is 17.5 Å². The minimum Gasteiger partial charge on any atom is -0.491 e. The zero-order valence-corrected chi connectivity index (χ0v) is 36.1. The summed E-state index contributed by atoms with van der Waals surface area (Å²) in [6.07, 6.45) is 7.90. The molecule has 0 amide bonds. The summed E-state index contributed by atoms with van der Waals surface area (Å²) in [6, 6.07) is 25.2. The number of pyridine rings is 1. The minimum absolute atomic E-state index is 0.108. The van der Waals surface area contributed by atoms with Crippen molar-refractivity contribution in [2.75, 3.05) is 50.2 Å². The van der Waals surface area contributed by atoms with Crippen LogP contribution in [0.4, 0.5) is 10.2 Å². The van der Waals surface area contributed by atoms with E-state index in [1.165, 1.54) is 6.07 Å². The summed E-state index contributed by atoms with van der Waals surface area (Å²) in [6.45, 7) is 9.10. The highest BCUT2D eigenvalue weighted by atomic mass is 32.2. The second kappa shape index (κ2) is 17.4. The number of aromatic amines is 2. The smallest absolute Gasteiger partial charge is 0.162 e. The van der Waals surface area contributed by atoms with Crippen LogP contribution in [0.5, 0.6) is 5.75 Å². The van der Waals surface area contributed by atoms with Crippen molar-refractivity contribution < 1.29 is 22.8 Å². The molecule has 1 unspecified atom stereocenters. The lowest BCUT2D eigenvalue weighted by Gasteiger charge is -2.35. The fourth-order valence-electron chi connectivity index (χ4n) is 8.71. The Morgan fingerprint density at radius 3 is 2.65 bits per heavy atom. The molecule has 4 aromatic heterocycles. The van der Waals surface area contributed by atoms with Gasteiger partial charge in [0.1, 0.15) is 29.6 Å². The number of nitrogens with one attached hydrogen (secondary N) is 3. The number of allylic oxidation sites excluding steroid dienone is 1. The first-order valence-electron chi connectivity index (χ1n) is 21.3. The molecule has 2 fully saturated rings. The van der Waals surface area contributed by atoms with Gasteiger partial charge < -0.3 is 24.1 Å². The van der Waals surface area contributed by atoms with Crippen LogP contribution in [0.25, 0.3) is 44.5 Å². The minimum atomic E-state index is -3.09. The van der Waals surface area contributed by atoms with Crippen molar-refractivity contribution in [3.63, 3.8) is 0 Å². The van der Waals surface area contributed by atoms with Gasteiger partial charge in [0.2, 0.25) is 0 Å². The highest BCUT2D eigenvalue weighted by Gasteiger charge is 2.54. The fourth-order valence-corrected chi connectivity index (χ4v) is 10.8. The molecule has 2 aliphatic rings. The third-order valence-electron chi connectivity index (χ3n) is 12.1. The molecule has 2 atom stereocenters. The molecule has 9 rings (SSSR count). The van der Waals surface area contributed by atoms with Crippen LogP contribution in [0.1, 0.15) is 67.5 Å². The van der Waals surface area contributed by atoms with Gasteiger partial charge in [-0.25, -0.2) is 23.6 Å². The standard InChI is InChI=1S/C48H51FN8O4S/c1-4-38(39-12-9-36(49)26-31(39)2)45(34-8-13-42-35(27-34)29-53-56-42)33-6-10-37(11-7-33)61-24-23-59-21-5-25-62(50,58)48(16-17-48)43-28-44(57-20-22-60-30-32(57)3)55-47(54-43)41-15-19-52-46-40(41)14-18-51-46/h6-15,18-19,26-29,32,50H,4-5,16-17,20-25,30H2,1-3H3,(H,51,52)(H,53,56)/b45-38+/t32-,62?/m1/s1. The van der Waals surface area contributed by atoms with Gasteiger partial charge in [-0.1, -0.05) is 31.2 Å². The average Bonchev–Trinajstić information content (AvgIpc) is 3.74. The van der Waals surface area contributed by atoms with Gasteiger partial charge in [-0.2, -0.15) is 5.10 Å². The maximum absolute atomic E-state index is 14.4. The lowest BCUT2D eigenvalue weighted by Crippen LogP contribution is -2.44. The van der Waals surface area contributed by atoms with Gasteiger partial charge in [-0.05, 0) is 121 Å². The summed E-state index contributed by atoms with van der Waals surface area (Å²) >= 11 is 0. The van der Waals surface area contributed by atoms with E-state index in [1.54, 1.807) is 12.3 Å². The number of rotatable bonds is 16. The number of benzene rings is 3. The molecule has 1 aliphatic heterocycles. The number of aryl methyl sites for hydroxylation is 1. The van der Waals surface area contributed by atoms with Crippen LogP contribution < -0.4 is 9.64 Å². The molecule has 1 aliphatic carbocycles. The number of H-pyrrole nitrogens is 2. The number of ether oxygens (including phenoxy) is 3. The van der Waals surface area contributed by atoms with E-state index >= 15 is 0 Å². The van der Waals surface area contributed by atoms with Gasteiger partial charge in [0.25, 0.3) is 0 Å². The molecule has 0 spiro atoms.